The molecule has 0 aromatic rings. The fourth-order valence-corrected chi connectivity index (χ4v) is 1.08. The molecule has 0 saturated carbocycles. The largest absolute Gasteiger partial charge is 0.481 e. The smallest absolute Gasteiger partial charge is 0.407 e. The minimum atomic E-state index is -0.928. The molecule has 1 unspecified atom stereocenters. The molecule has 0 fully saturated rings. The van der Waals surface area contributed by atoms with Gasteiger partial charge in [-0.15, -0.1) is 0 Å². The van der Waals surface area contributed by atoms with Crippen LogP contribution in [0.15, 0.2) is 0 Å². The number of rotatable bonds is 6. The van der Waals surface area contributed by atoms with Crippen LogP contribution in [0.5, 0.6) is 0 Å². The first kappa shape index (κ1) is 14.7. The zero-order chi connectivity index (χ0) is 12.7. The van der Waals surface area contributed by atoms with Crippen LogP contribution in [-0.2, 0) is 9.53 Å². The van der Waals surface area contributed by atoms with Gasteiger partial charge in [-0.25, -0.2) is 4.79 Å². The summed E-state index contributed by atoms with van der Waals surface area (Å²) in [6.45, 7) is 7.92. The highest BCUT2D eigenvalue weighted by Gasteiger charge is 2.19. The van der Waals surface area contributed by atoms with Crippen LogP contribution in [0.3, 0.4) is 0 Å². The number of carbonyl (C=O) groups excluding carboxylic acids is 1. The summed E-state index contributed by atoms with van der Waals surface area (Å²) in [7, 11) is 0. The molecular weight excluding hydrogens is 210 g/mol. The summed E-state index contributed by atoms with van der Waals surface area (Å²) in [5, 5.41) is 11.2. The second-order valence-electron chi connectivity index (χ2n) is 4.59. The van der Waals surface area contributed by atoms with E-state index in [-0.39, 0.29) is 18.3 Å². The quantitative estimate of drug-likeness (QED) is 0.731. The summed E-state index contributed by atoms with van der Waals surface area (Å²) in [5.74, 6) is -0.603. The van der Waals surface area contributed by atoms with Gasteiger partial charge in [-0.3, -0.25) is 4.79 Å². The van der Waals surface area contributed by atoms with Crippen molar-refractivity contribution in [1.82, 2.24) is 5.32 Å². The highest BCUT2D eigenvalue weighted by atomic mass is 16.5. The minimum absolute atomic E-state index is 0.0581. The zero-order valence-corrected chi connectivity index (χ0v) is 10.3. The first-order chi connectivity index (χ1) is 7.32. The maximum Gasteiger partial charge on any atom is 0.407 e. The van der Waals surface area contributed by atoms with Crippen molar-refractivity contribution in [3.05, 3.63) is 0 Å². The number of nitrogens with one attached hydrogen (secondary N) is 1. The topological polar surface area (TPSA) is 75.6 Å². The van der Waals surface area contributed by atoms with Crippen molar-refractivity contribution in [2.75, 3.05) is 6.61 Å². The van der Waals surface area contributed by atoms with Crippen molar-refractivity contribution >= 4 is 12.1 Å². The van der Waals surface area contributed by atoms with E-state index in [9.17, 15) is 9.59 Å². The average molecular weight is 231 g/mol. The molecule has 16 heavy (non-hydrogen) atoms. The van der Waals surface area contributed by atoms with Crippen LogP contribution in [0.25, 0.3) is 0 Å². The molecule has 0 heterocycles. The first-order valence-electron chi connectivity index (χ1n) is 5.48. The fraction of sp³-hybridized carbons (Fsp3) is 0.818. The van der Waals surface area contributed by atoms with Gasteiger partial charge in [0.05, 0.1) is 13.0 Å². The van der Waals surface area contributed by atoms with Gasteiger partial charge in [-0.1, -0.05) is 27.7 Å². The molecule has 0 rings (SSSR count). The van der Waals surface area contributed by atoms with E-state index < -0.39 is 18.1 Å². The minimum Gasteiger partial charge on any atom is -0.481 e. The Kier molecular flexibility index (Phi) is 6.53. The van der Waals surface area contributed by atoms with Crippen molar-refractivity contribution in [2.24, 2.45) is 11.8 Å². The lowest BCUT2D eigenvalue weighted by Crippen LogP contribution is -2.40. The molecule has 5 nitrogen and oxygen atoms in total. The van der Waals surface area contributed by atoms with E-state index in [1.54, 1.807) is 0 Å². The number of amides is 1. The molecule has 5 heteroatoms. The lowest BCUT2D eigenvalue weighted by molar-refractivity contribution is -0.137. The predicted molar refractivity (Wildman–Crippen MR) is 60.2 cm³/mol. The molecule has 1 atom stereocenters. The van der Waals surface area contributed by atoms with E-state index in [0.29, 0.717) is 6.61 Å². The fourth-order valence-electron chi connectivity index (χ4n) is 1.08. The van der Waals surface area contributed by atoms with Crippen LogP contribution < -0.4 is 5.32 Å². The summed E-state index contributed by atoms with van der Waals surface area (Å²) >= 11 is 0. The first-order valence-corrected chi connectivity index (χ1v) is 5.48. The van der Waals surface area contributed by atoms with Gasteiger partial charge in [0, 0.05) is 6.04 Å². The van der Waals surface area contributed by atoms with Crippen LogP contribution in [0.2, 0.25) is 0 Å². The Hall–Kier alpha value is -1.26. The Morgan fingerprint density at radius 2 is 1.81 bits per heavy atom. The third kappa shape index (κ3) is 7.09. The zero-order valence-electron chi connectivity index (χ0n) is 10.3. The number of ether oxygens (including phenoxy) is 1. The molecule has 0 spiro atoms. The highest BCUT2D eigenvalue weighted by molar-refractivity contribution is 5.71. The highest BCUT2D eigenvalue weighted by Crippen LogP contribution is 2.06. The van der Waals surface area contributed by atoms with Crippen molar-refractivity contribution in [3.63, 3.8) is 0 Å². The summed E-state index contributed by atoms with van der Waals surface area (Å²) in [6.07, 6.45) is -0.636. The maximum atomic E-state index is 11.3. The van der Waals surface area contributed by atoms with Crippen LogP contribution in [0.1, 0.15) is 34.1 Å². The molecule has 0 bridgehead atoms. The number of hydrogen-bond donors (Lipinski definition) is 2. The molecule has 0 aliphatic rings. The lowest BCUT2D eigenvalue weighted by Gasteiger charge is -2.20. The van der Waals surface area contributed by atoms with E-state index in [4.69, 9.17) is 9.84 Å². The molecular formula is C11H21NO4. The van der Waals surface area contributed by atoms with E-state index in [2.05, 4.69) is 5.32 Å². The van der Waals surface area contributed by atoms with Crippen molar-refractivity contribution < 1.29 is 19.4 Å². The lowest BCUT2D eigenvalue weighted by atomic mass is 10.0. The van der Waals surface area contributed by atoms with Gasteiger partial charge < -0.3 is 15.2 Å². The molecule has 0 aromatic heterocycles. The van der Waals surface area contributed by atoms with Gasteiger partial charge in [0.15, 0.2) is 0 Å². The number of aliphatic carboxylic acids is 1. The van der Waals surface area contributed by atoms with Crippen molar-refractivity contribution in [3.8, 4) is 0 Å². The molecule has 2 N–H and O–H groups in total. The maximum absolute atomic E-state index is 11.3. The third-order valence-electron chi connectivity index (χ3n) is 2.05. The molecule has 0 aromatic carbocycles. The number of hydrogen-bond acceptors (Lipinski definition) is 3. The summed E-state index contributed by atoms with van der Waals surface area (Å²) in [4.78, 5) is 21.9. The number of carbonyl (C=O) groups is 2. The third-order valence-corrected chi connectivity index (χ3v) is 2.05. The number of carboxylic acids is 1. The molecule has 1 amide bonds. The van der Waals surface area contributed by atoms with Crippen molar-refractivity contribution in [2.45, 2.75) is 40.2 Å². The summed E-state index contributed by atoms with van der Waals surface area (Å²) < 4.78 is 4.92. The van der Waals surface area contributed by atoms with Crippen molar-refractivity contribution in [1.29, 1.82) is 0 Å². The Morgan fingerprint density at radius 1 is 1.25 bits per heavy atom. The van der Waals surface area contributed by atoms with E-state index in [0.717, 1.165) is 0 Å². The summed E-state index contributed by atoms with van der Waals surface area (Å²) in [6, 6.07) is -0.392. The monoisotopic (exact) mass is 231 g/mol. The second-order valence-corrected chi connectivity index (χ2v) is 4.59. The Morgan fingerprint density at radius 3 is 2.19 bits per heavy atom. The van der Waals surface area contributed by atoms with Gasteiger partial charge in [0.2, 0.25) is 0 Å². The molecule has 94 valence electrons. The van der Waals surface area contributed by atoms with Crippen LogP contribution >= 0.6 is 0 Å². The molecule has 0 aliphatic heterocycles. The number of carboxylic acid groups (broad SMARTS) is 1. The van der Waals surface area contributed by atoms with Gasteiger partial charge in [-0.05, 0) is 11.8 Å². The second kappa shape index (κ2) is 7.09. The van der Waals surface area contributed by atoms with Crippen LogP contribution in [-0.4, -0.2) is 29.8 Å². The Labute approximate surface area is 96.2 Å². The van der Waals surface area contributed by atoms with Gasteiger partial charge in [-0.2, -0.15) is 0 Å². The van der Waals surface area contributed by atoms with E-state index in [1.165, 1.54) is 0 Å². The predicted octanol–water partition coefficient (Wildman–Crippen LogP) is 1.87. The standard InChI is InChI=1S/C11H21NO4/c1-7(2)6-16-11(15)12-9(8(3)4)5-10(13)14/h7-9H,5-6H2,1-4H3,(H,12,15)(H,13,14). The van der Waals surface area contributed by atoms with Crippen LogP contribution in [0, 0.1) is 11.8 Å². The number of alkyl carbamates (subject to hydrolysis) is 1. The van der Waals surface area contributed by atoms with Gasteiger partial charge in [0.25, 0.3) is 0 Å². The van der Waals surface area contributed by atoms with Gasteiger partial charge in [0.1, 0.15) is 0 Å². The van der Waals surface area contributed by atoms with Crippen LogP contribution in [0.4, 0.5) is 4.79 Å². The van der Waals surface area contributed by atoms with Gasteiger partial charge >= 0.3 is 12.1 Å². The normalized spacial score (nSPS) is 12.6. The molecule has 0 saturated heterocycles. The molecule has 0 radical (unpaired) electrons. The molecule has 0 aliphatic carbocycles. The van der Waals surface area contributed by atoms with E-state index >= 15 is 0 Å². The van der Waals surface area contributed by atoms with E-state index in [1.807, 2.05) is 27.7 Å². The Balaban J connectivity index is 4.08. The average Bonchev–Trinajstić information content (AvgIpc) is 2.12. The SMILES string of the molecule is CC(C)COC(=O)NC(CC(=O)O)C(C)C. The Bertz CT molecular complexity index is 238. The summed E-state index contributed by atoms with van der Waals surface area (Å²) in [5.41, 5.74) is 0.